The Morgan fingerprint density at radius 3 is 2.75 bits per heavy atom. The van der Waals surface area contributed by atoms with Crippen LogP contribution in [0.5, 0.6) is 0 Å². The molecule has 0 radical (unpaired) electrons. The maximum Gasteiger partial charge on any atom is 0.224 e. The summed E-state index contributed by atoms with van der Waals surface area (Å²) in [6.07, 6.45) is 0.271. The van der Waals surface area contributed by atoms with E-state index in [0.717, 1.165) is 5.56 Å². The van der Waals surface area contributed by atoms with E-state index in [1.165, 1.54) is 12.1 Å². The molecular weight excluding hydrogens is 273 g/mol. The lowest BCUT2D eigenvalue weighted by molar-refractivity contribution is -0.120. The van der Waals surface area contributed by atoms with Crippen molar-refractivity contribution in [3.05, 3.63) is 34.1 Å². The Labute approximate surface area is 103 Å². The van der Waals surface area contributed by atoms with Crippen molar-refractivity contribution in [3.63, 3.8) is 0 Å². The first-order chi connectivity index (χ1) is 7.49. The molecule has 1 aromatic rings. The molecule has 0 heterocycles. The fourth-order valence-corrected chi connectivity index (χ4v) is 1.71. The Morgan fingerprint density at radius 1 is 1.50 bits per heavy atom. The van der Waals surface area contributed by atoms with Crippen LogP contribution in [0.2, 0.25) is 0 Å². The van der Waals surface area contributed by atoms with Crippen LogP contribution < -0.4 is 5.32 Å². The number of amides is 1. The highest BCUT2D eigenvalue weighted by Gasteiger charge is 2.07. The molecule has 0 fully saturated rings. The standard InChI is InChI=1S/C12H15BrFNO/c1-8(2)7-15-12(16)5-9-3-4-10(14)6-11(9)13/h3-4,6,8H,5,7H2,1-2H3,(H,15,16). The third kappa shape index (κ3) is 4.31. The minimum absolute atomic E-state index is 0.0407. The van der Waals surface area contributed by atoms with E-state index in [9.17, 15) is 9.18 Å². The minimum Gasteiger partial charge on any atom is -0.356 e. The molecule has 2 nitrogen and oxygen atoms in total. The van der Waals surface area contributed by atoms with E-state index in [-0.39, 0.29) is 18.1 Å². The molecule has 1 aromatic carbocycles. The fourth-order valence-electron chi connectivity index (χ4n) is 1.22. The average molecular weight is 288 g/mol. The smallest absolute Gasteiger partial charge is 0.224 e. The van der Waals surface area contributed by atoms with Crippen LogP contribution in [0, 0.1) is 11.7 Å². The van der Waals surface area contributed by atoms with Crippen molar-refractivity contribution in [3.8, 4) is 0 Å². The van der Waals surface area contributed by atoms with Gasteiger partial charge in [-0.2, -0.15) is 0 Å². The molecule has 16 heavy (non-hydrogen) atoms. The molecule has 0 bridgehead atoms. The molecule has 0 aromatic heterocycles. The van der Waals surface area contributed by atoms with E-state index in [2.05, 4.69) is 21.2 Å². The van der Waals surface area contributed by atoms with Gasteiger partial charge in [-0.1, -0.05) is 35.8 Å². The lowest BCUT2D eigenvalue weighted by atomic mass is 10.1. The third-order valence-electron chi connectivity index (χ3n) is 2.07. The molecule has 0 saturated carbocycles. The van der Waals surface area contributed by atoms with Crippen LogP contribution in [0.4, 0.5) is 4.39 Å². The molecule has 0 atom stereocenters. The Balaban J connectivity index is 2.56. The third-order valence-corrected chi connectivity index (χ3v) is 2.81. The van der Waals surface area contributed by atoms with Gasteiger partial charge in [0, 0.05) is 11.0 Å². The van der Waals surface area contributed by atoms with E-state index in [4.69, 9.17) is 0 Å². The first-order valence-electron chi connectivity index (χ1n) is 5.19. The zero-order valence-corrected chi connectivity index (χ0v) is 11.0. The summed E-state index contributed by atoms with van der Waals surface area (Å²) in [5, 5.41) is 2.82. The maximum absolute atomic E-state index is 12.8. The van der Waals surface area contributed by atoms with Crippen molar-refractivity contribution in [2.75, 3.05) is 6.54 Å². The van der Waals surface area contributed by atoms with E-state index in [1.807, 2.05) is 13.8 Å². The molecule has 0 spiro atoms. The lowest BCUT2D eigenvalue weighted by Gasteiger charge is -2.08. The average Bonchev–Trinajstić information content (AvgIpc) is 2.19. The summed E-state index contributed by atoms with van der Waals surface area (Å²) in [5.41, 5.74) is 0.794. The van der Waals surface area contributed by atoms with Gasteiger partial charge in [-0.3, -0.25) is 4.79 Å². The van der Waals surface area contributed by atoms with Crippen molar-refractivity contribution in [2.24, 2.45) is 5.92 Å². The van der Waals surface area contributed by atoms with Crippen molar-refractivity contribution >= 4 is 21.8 Å². The van der Waals surface area contributed by atoms with Gasteiger partial charge in [0.15, 0.2) is 0 Å². The molecule has 0 unspecified atom stereocenters. The first-order valence-corrected chi connectivity index (χ1v) is 5.99. The quantitative estimate of drug-likeness (QED) is 0.907. The fraction of sp³-hybridized carbons (Fsp3) is 0.417. The molecule has 4 heteroatoms. The number of benzene rings is 1. The highest BCUT2D eigenvalue weighted by Crippen LogP contribution is 2.18. The molecular formula is C12H15BrFNO. The van der Waals surface area contributed by atoms with Gasteiger partial charge in [0.2, 0.25) is 5.91 Å². The monoisotopic (exact) mass is 287 g/mol. The largest absolute Gasteiger partial charge is 0.356 e. The van der Waals surface area contributed by atoms with Crippen LogP contribution >= 0.6 is 15.9 Å². The summed E-state index contributed by atoms with van der Waals surface area (Å²) in [4.78, 5) is 11.5. The first kappa shape index (κ1) is 13.2. The van der Waals surface area contributed by atoms with Gasteiger partial charge in [0.1, 0.15) is 5.82 Å². The summed E-state index contributed by atoms with van der Waals surface area (Å²) >= 11 is 3.24. The molecule has 0 aliphatic carbocycles. The lowest BCUT2D eigenvalue weighted by Crippen LogP contribution is -2.28. The molecule has 0 saturated heterocycles. The van der Waals surface area contributed by atoms with Crippen LogP contribution in [0.25, 0.3) is 0 Å². The van der Waals surface area contributed by atoms with Crippen LogP contribution in [-0.4, -0.2) is 12.5 Å². The zero-order chi connectivity index (χ0) is 12.1. The normalized spacial score (nSPS) is 10.6. The highest BCUT2D eigenvalue weighted by atomic mass is 79.9. The minimum atomic E-state index is -0.307. The van der Waals surface area contributed by atoms with Gasteiger partial charge in [-0.15, -0.1) is 0 Å². The van der Waals surface area contributed by atoms with Crippen LogP contribution in [0.3, 0.4) is 0 Å². The topological polar surface area (TPSA) is 29.1 Å². The van der Waals surface area contributed by atoms with Gasteiger partial charge in [0.25, 0.3) is 0 Å². The Kier molecular flexibility index (Phi) is 4.93. The van der Waals surface area contributed by atoms with Crippen molar-refractivity contribution in [1.82, 2.24) is 5.32 Å². The van der Waals surface area contributed by atoms with E-state index in [1.54, 1.807) is 6.07 Å². The van der Waals surface area contributed by atoms with E-state index in [0.29, 0.717) is 16.9 Å². The second-order valence-corrected chi connectivity index (χ2v) is 4.96. The second kappa shape index (κ2) is 5.99. The van der Waals surface area contributed by atoms with Crippen LogP contribution in [0.1, 0.15) is 19.4 Å². The predicted molar refractivity (Wildman–Crippen MR) is 65.7 cm³/mol. The van der Waals surface area contributed by atoms with E-state index >= 15 is 0 Å². The summed E-state index contributed by atoms with van der Waals surface area (Å²) in [6, 6.07) is 4.34. The van der Waals surface area contributed by atoms with Crippen LogP contribution in [0.15, 0.2) is 22.7 Å². The maximum atomic E-state index is 12.8. The predicted octanol–water partition coefficient (Wildman–Crippen LogP) is 2.90. The Morgan fingerprint density at radius 2 is 2.19 bits per heavy atom. The van der Waals surface area contributed by atoms with E-state index < -0.39 is 0 Å². The number of carbonyl (C=O) groups excluding carboxylic acids is 1. The summed E-state index contributed by atoms with van der Waals surface area (Å²) in [6.45, 7) is 4.74. The summed E-state index contributed by atoms with van der Waals surface area (Å²) in [5.74, 6) is 0.0832. The van der Waals surface area contributed by atoms with Gasteiger partial charge in [0.05, 0.1) is 6.42 Å². The molecule has 88 valence electrons. The Hall–Kier alpha value is -0.900. The van der Waals surface area contributed by atoms with Gasteiger partial charge >= 0.3 is 0 Å². The number of carbonyl (C=O) groups is 1. The summed E-state index contributed by atoms with van der Waals surface area (Å²) < 4.78 is 13.4. The van der Waals surface area contributed by atoms with Crippen molar-refractivity contribution in [2.45, 2.75) is 20.3 Å². The number of rotatable bonds is 4. The number of halogens is 2. The molecule has 0 aliphatic heterocycles. The van der Waals surface area contributed by atoms with Crippen molar-refractivity contribution in [1.29, 1.82) is 0 Å². The van der Waals surface area contributed by atoms with Crippen LogP contribution in [-0.2, 0) is 11.2 Å². The number of nitrogens with one attached hydrogen (secondary N) is 1. The van der Waals surface area contributed by atoms with Gasteiger partial charge in [-0.25, -0.2) is 4.39 Å². The SMILES string of the molecule is CC(C)CNC(=O)Cc1ccc(F)cc1Br. The second-order valence-electron chi connectivity index (χ2n) is 4.11. The Bertz CT molecular complexity index is 379. The zero-order valence-electron chi connectivity index (χ0n) is 9.39. The molecule has 1 amide bonds. The summed E-state index contributed by atoms with van der Waals surface area (Å²) in [7, 11) is 0. The number of hydrogen-bond acceptors (Lipinski definition) is 1. The van der Waals surface area contributed by atoms with Crippen molar-refractivity contribution < 1.29 is 9.18 Å². The number of hydrogen-bond donors (Lipinski definition) is 1. The molecule has 1 N–H and O–H groups in total. The molecule has 1 rings (SSSR count). The highest BCUT2D eigenvalue weighted by molar-refractivity contribution is 9.10. The van der Waals surface area contributed by atoms with Gasteiger partial charge < -0.3 is 5.32 Å². The molecule has 0 aliphatic rings. The van der Waals surface area contributed by atoms with Gasteiger partial charge in [-0.05, 0) is 23.6 Å².